The van der Waals surface area contributed by atoms with Crippen LogP contribution in [0.1, 0.15) is 38.2 Å². The van der Waals surface area contributed by atoms with Crippen LogP contribution in [0, 0.1) is 5.82 Å². The Balaban J connectivity index is 1.85. The van der Waals surface area contributed by atoms with Crippen LogP contribution in [-0.4, -0.2) is 18.0 Å². The number of nitrogens with zero attached hydrogens (tertiary/aromatic N) is 1. The zero-order chi connectivity index (χ0) is 13.1. The lowest BCUT2D eigenvalue weighted by Gasteiger charge is -2.33. The summed E-state index contributed by atoms with van der Waals surface area (Å²) in [6.45, 7) is 4.06. The van der Waals surface area contributed by atoms with Crippen LogP contribution in [0.5, 0.6) is 0 Å². The second-order valence-electron chi connectivity index (χ2n) is 5.19. The predicted molar refractivity (Wildman–Crippen MR) is 72.1 cm³/mol. The SMILES string of the molecule is CC(C)NC(N)=NC1CC(c2ccc(F)cc2)C1. The Labute approximate surface area is 107 Å². The van der Waals surface area contributed by atoms with Crippen LogP contribution in [-0.2, 0) is 0 Å². The van der Waals surface area contributed by atoms with Crippen molar-refractivity contribution < 1.29 is 4.39 Å². The number of rotatable bonds is 3. The van der Waals surface area contributed by atoms with Crippen molar-refractivity contribution in [2.24, 2.45) is 10.7 Å². The number of nitrogens with two attached hydrogens (primary N) is 1. The minimum absolute atomic E-state index is 0.182. The van der Waals surface area contributed by atoms with E-state index in [0.717, 1.165) is 12.8 Å². The molecular formula is C14H20FN3. The molecule has 4 heteroatoms. The Kier molecular flexibility index (Phi) is 3.84. The van der Waals surface area contributed by atoms with Gasteiger partial charge in [0.25, 0.3) is 0 Å². The van der Waals surface area contributed by atoms with Crippen molar-refractivity contribution in [3.8, 4) is 0 Å². The molecule has 0 bridgehead atoms. The third-order valence-corrected chi connectivity index (χ3v) is 3.21. The lowest BCUT2D eigenvalue weighted by atomic mass is 9.76. The summed E-state index contributed by atoms with van der Waals surface area (Å²) in [6, 6.07) is 7.35. The molecule has 1 fully saturated rings. The van der Waals surface area contributed by atoms with Crippen LogP contribution >= 0.6 is 0 Å². The van der Waals surface area contributed by atoms with Gasteiger partial charge in [-0.2, -0.15) is 0 Å². The van der Waals surface area contributed by atoms with Crippen LogP contribution in [0.25, 0.3) is 0 Å². The fraction of sp³-hybridized carbons (Fsp3) is 0.500. The molecule has 0 spiro atoms. The summed E-state index contributed by atoms with van der Waals surface area (Å²) >= 11 is 0. The standard InChI is InChI=1S/C14H20FN3/c1-9(2)17-14(16)18-13-7-11(8-13)10-3-5-12(15)6-4-10/h3-6,9,11,13H,7-8H2,1-2H3,(H3,16,17,18). The Morgan fingerprint density at radius 3 is 2.50 bits per heavy atom. The Morgan fingerprint density at radius 2 is 1.94 bits per heavy atom. The van der Waals surface area contributed by atoms with Crippen LogP contribution in [0.4, 0.5) is 4.39 Å². The predicted octanol–water partition coefficient (Wildman–Crippen LogP) is 2.38. The Morgan fingerprint density at radius 1 is 1.33 bits per heavy atom. The highest BCUT2D eigenvalue weighted by Crippen LogP contribution is 2.38. The summed E-state index contributed by atoms with van der Waals surface area (Å²) in [7, 11) is 0. The molecule has 1 aromatic carbocycles. The van der Waals surface area contributed by atoms with E-state index in [1.54, 1.807) is 0 Å². The van der Waals surface area contributed by atoms with Crippen molar-refractivity contribution in [3.05, 3.63) is 35.6 Å². The van der Waals surface area contributed by atoms with E-state index < -0.39 is 0 Å². The van der Waals surface area contributed by atoms with Crippen molar-refractivity contribution >= 4 is 5.96 Å². The quantitative estimate of drug-likeness (QED) is 0.638. The van der Waals surface area contributed by atoms with Gasteiger partial charge in [-0.15, -0.1) is 0 Å². The van der Waals surface area contributed by atoms with E-state index >= 15 is 0 Å². The first kappa shape index (κ1) is 12.9. The Hall–Kier alpha value is -1.58. The fourth-order valence-electron chi connectivity index (χ4n) is 2.23. The molecule has 0 aliphatic heterocycles. The maximum Gasteiger partial charge on any atom is 0.189 e. The van der Waals surface area contributed by atoms with Crippen molar-refractivity contribution in [2.45, 2.75) is 44.7 Å². The zero-order valence-corrected chi connectivity index (χ0v) is 10.9. The van der Waals surface area contributed by atoms with Gasteiger partial charge in [0.2, 0.25) is 0 Å². The number of aliphatic imine (C=N–C) groups is 1. The summed E-state index contributed by atoms with van der Waals surface area (Å²) in [5.74, 6) is 0.830. The van der Waals surface area contributed by atoms with Gasteiger partial charge in [0.1, 0.15) is 5.82 Å². The molecule has 3 nitrogen and oxygen atoms in total. The van der Waals surface area contributed by atoms with E-state index in [4.69, 9.17) is 5.73 Å². The summed E-state index contributed by atoms with van der Waals surface area (Å²) in [5.41, 5.74) is 6.97. The highest BCUT2D eigenvalue weighted by atomic mass is 19.1. The largest absolute Gasteiger partial charge is 0.370 e. The Bertz CT molecular complexity index is 419. The summed E-state index contributed by atoms with van der Waals surface area (Å²) in [5, 5.41) is 3.08. The molecule has 1 aromatic rings. The number of nitrogens with one attached hydrogen (secondary N) is 1. The maximum atomic E-state index is 12.8. The first-order chi connectivity index (χ1) is 8.54. The molecule has 0 saturated heterocycles. The highest BCUT2D eigenvalue weighted by molar-refractivity contribution is 5.78. The normalized spacial score (nSPS) is 23.9. The molecule has 1 saturated carbocycles. The van der Waals surface area contributed by atoms with Gasteiger partial charge in [-0.25, -0.2) is 4.39 Å². The molecule has 18 heavy (non-hydrogen) atoms. The molecule has 98 valence electrons. The third kappa shape index (κ3) is 3.22. The third-order valence-electron chi connectivity index (χ3n) is 3.21. The second kappa shape index (κ2) is 5.38. The van der Waals surface area contributed by atoms with Crippen molar-refractivity contribution in [1.29, 1.82) is 0 Å². The summed E-state index contributed by atoms with van der Waals surface area (Å²) in [4.78, 5) is 4.42. The number of guanidine groups is 1. The van der Waals surface area contributed by atoms with Crippen LogP contribution in [0.2, 0.25) is 0 Å². The van der Waals surface area contributed by atoms with E-state index in [1.807, 2.05) is 26.0 Å². The van der Waals surface area contributed by atoms with E-state index in [0.29, 0.717) is 24.0 Å². The molecule has 0 amide bonds. The molecule has 3 N–H and O–H groups in total. The molecule has 0 radical (unpaired) electrons. The molecular weight excluding hydrogens is 229 g/mol. The molecule has 1 aliphatic rings. The fourth-order valence-corrected chi connectivity index (χ4v) is 2.23. The zero-order valence-electron chi connectivity index (χ0n) is 10.9. The topological polar surface area (TPSA) is 50.4 Å². The van der Waals surface area contributed by atoms with Gasteiger partial charge < -0.3 is 11.1 Å². The number of hydrogen-bond donors (Lipinski definition) is 2. The molecule has 2 rings (SSSR count). The van der Waals surface area contributed by atoms with Crippen LogP contribution < -0.4 is 11.1 Å². The van der Waals surface area contributed by atoms with Crippen LogP contribution in [0.3, 0.4) is 0 Å². The van der Waals surface area contributed by atoms with Gasteiger partial charge in [-0.3, -0.25) is 4.99 Å². The van der Waals surface area contributed by atoms with Crippen molar-refractivity contribution in [2.75, 3.05) is 0 Å². The van der Waals surface area contributed by atoms with E-state index in [9.17, 15) is 4.39 Å². The van der Waals surface area contributed by atoms with Crippen molar-refractivity contribution in [1.82, 2.24) is 5.32 Å². The van der Waals surface area contributed by atoms with E-state index in [-0.39, 0.29) is 5.82 Å². The molecule has 1 aliphatic carbocycles. The second-order valence-corrected chi connectivity index (χ2v) is 5.19. The molecule has 0 unspecified atom stereocenters. The number of hydrogen-bond acceptors (Lipinski definition) is 1. The minimum Gasteiger partial charge on any atom is -0.370 e. The first-order valence-electron chi connectivity index (χ1n) is 6.40. The highest BCUT2D eigenvalue weighted by Gasteiger charge is 2.30. The maximum absolute atomic E-state index is 12.8. The van der Waals surface area contributed by atoms with Crippen LogP contribution in [0.15, 0.2) is 29.3 Å². The van der Waals surface area contributed by atoms with Gasteiger partial charge in [-0.05, 0) is 50.3 Å². The molecule has 0 heterocycles. The number of benzene rings is 1. The molecule has 0 aromatic heterocycles. The number of halogens is 1. The smallest absolute Gasteiger partial charge is 0.189 e. The van der Waals surface area contributed by atoms with E-state index in [1.165, 1.54) is 17.7 Å². The van der Waals surface area contributed by atoms with Gasteiger partial charge >= 0.3 is 0 Å². The summed E-state index contributed by atoms with van der Waals surface area (Å²) < 4.78 is 12.8. The van der Waals surface area contributed by atoms with Crippen molar-refractivity contribution in [3.63, 3.8) is 0 Å². The average Bonchev–Trinajstić information content (AvgIpc) is 2.23. The average molecular weight is 249 g/mol. The monoisotopic (exact) mass is 249 g/mol. The summed E-state index contributed by atoms with van der Waals surface area (Å²) in [6.07, 6.45) is 1.98. The molecule has 0 atom stereocenters. The first-order valence-corrected chi connectivity index (χ1v) is 6.40. The minimum atomic E-state index is -0.182. The lowest BCUT2D eigenvalue weighted by Crippen LogP contribution is -2.39. The van der Waals surface area contributed by atoms with Gasteiger partial charge in [0, 0.05) is 6.04 Å². The van der Waals surface area contributed by atoms with E-state index in [2.05, 4.69) is 10.3 Å². The van der Waals surface area contributed by atoms with Gasteiger partial charge in [-0.1, -0.05) is 12.1 Å². The lowest BCUT2D eigenvalue weighted by molar-refractivity contribution is 0.352. The van der Waals surface area contributed by atoms with Gasteiger partial charge in [0.05, 0.1) is 6.04 Å². The van der Waals surface area contributed by atoms with Gasteiger partial charge in [0.15, 0.2) is 5.96 Å².